The third kappa shape index (κ3) is 4.71. The molecule has 0 aliphatic heterocycles. The van der Waals surface area contributed by atoms with Gasteiger partial charge in [-0.2, -0.15) is 0 Å². The van der Waals surface area contributed by atoms with Crippen molar-refractivity contribution in [2.75, 3.05) is 5.32 Å². The van der Waals surface area contributed by atoms with Crippen LogP contribution in [0.4, 0.5) is 5.69 Å². The molecule has 0 radical (unpaired) electrons. The summed E-state index contributed by atoms with van der Waals surface area (Å²) < 4.78 is 27.4. The van der Waals surface area contributed by atoms with E-state index in [1.165, 1.54) is 6.07 Å². The smallest absolute Gasteiger partial charge is 0.240 e. The first-order valence-electron chi connectivity index (χ1n) is 8.98. The summed E-state index contributed by atoms with van der Waals surface area (Å²) in [7, 11) is -3.54. The maximum Gasteiger partial charge on any atom is 0.240 e. The summed E-state index contributed by atoms with van der Waals surface area (Å²) in [6.45, 7) is 2.04. The molecular weight excluding hydrogens is 348 g/mol. The van der Waals surface area contributed by atoms with Crippen LogP contribution in [0, 0.1) is 0 Å². The zero-order chi connectivity index (χ0) is 18.6. The molecule has 138 valence electrons. The Labute approximate surface area is 154 Å². The van der Waals surface area contributed by atoms with Crippen LogP contribution in [-0.4, -0.2) is 20.4 Å². The van der Waals surface area contributed by atoms with Crippen molar-refractivity contribution < 1.29 is 13.2 Å². The van der Waals surface area contributed by atoms with Crippen LogP contribution >= 0.6 is 0 Å². The molecule has 2 aromatic rings. The quantitative estimate of drug-likeness (QED) is 0.743. The average molecular weight is 372 g/mol. The molecule has 1 aliphatic rings. The largest absolute Gasteiger partial charge is 0.326 e. The van der Waals surface area contributed by atoms with Gasteiger partial charge in [-0.15, -0.1) is 0 Å². The van der Waals surface area contributed by atoms with E-state index in [2.05, 4.69) is 10.0 Å². The highest BCUT2D eigenvalue weighted by molar-refractivity contribution is 7.89. The first-order valence-corrected chi connectivity index (χ1v) is 10.5. The van der Waals surface area contributed by atoms with E-state index in [1.54, 1.807) is 18.2 Å². The van der Waals surface area contributed by atoms with Gasteiger partial charge in [-0.1, -0.05) is 49.7 Å². The highest BCUT2D eigenvalue weighted by Gasteiger charge is 2.28. The normalized spacial score (nSPS) is 15.4. The van der Waals surface area contributed by atoms with Gasteiger partial charge in [-0.05, 0) is 43.0 Å². The Morgan fingerprint density at radius 1 is 1.12 bits per heavy atom. The molecule has 2 N–H and O–H groups in total. The van der Waals surface area contributed by atoms with Crippen molar-refractivity contribution in [3.05, 3.63) is 60.2 Å². The van der Waals surface area contributed by atoms with E-state index in [1.807, 2.05) is 37.3 Å². The van der Waals surface area contributed by atoms with E-state index < -0.39 is 10.0 Å². The molecular formula is C20H24N2O3S. The summed E-state index contributed by atoms with van der Waals surface area (Å²) in [5.74, 6) is -0.381. The number of sulfonamides is 1. The number of amides is 1. The summed E-state index contributed by atoms with van der Waals surface area (Å²) in [5.41, 5.74) is 1.46. The van der Waals surface area contributed by atoms with Gasteiger partial charge in [0.2, 0.25) is 15.9 Å². The van der Waals surface area contributed by atoms with Crippen LogP contribution in [0.25, 0.3) is 0 Å². The number of carbonyl (C=O) groups excluding carboxylic acids is 1. The Hall–Kier alpha value is -2.18. The Morgan fingerprint density at radius 2 is 1.85 bits per heavy atom. The molecule has 0 heterocycles. The second-order valence-electron chi connectivity index (χ2n) is 6.66. The van der Waals surface area contributed by atoms with Gasteiger partial charge in [0.25, 0.3) is 0 Å². The third-order valence-corrected chi connectivity index (χ3v) is 5.92. The lowest BCUT2D eigenvalue weighted by Crippen LogP contribution is -2.26. The minimum atomic E-state index is -3.54. The lowest BCUT2D eigenvalue weighted by molar-refractivity contribution is -0.117. The van der Waals surface area contributed by atoms with Crippen molar-refractivity contribution in [1.29, 1.82) is 0 Å². The molecule has 0 spiro atoms. The molecule has 1 saturated carbocycles. The molecule has 6 heteroatoms. The summed E-state index contributed by atoms with van der Waals surface area (Å²) in [6, 6.07) is 16.1. The fraction of sp³-hybridized carbons (Fsp3) is 0.350. The van der Waals surface area contributed by atoms with Gasteiger partial charge in [0, 0.05) is 11.7 Å². The van der Waals surface area contributed by atoms with Crippen molar-refractivity contribution in [2.45, 2.75) is 49.5 Å². The highest BCUT2D eigenvalue weighted by Crippen LogP contribution is 2.25. The van der Waals surface area contributed by atoms with Crippen LogP contribution in [-0.2, 0) is 14.8 Å². The van der Waals surface area contributed by atoms with Crippen LogP contribution in [0.3, 0.4) is 0 Å². The van der Waals surface area contributed by atoms with Crippen molar-refractivity contribution in [3.63, 3.8) is 0 Å². The van der Waals surface area contributed by atoms with Crippen molar-refractivity contribution in [1.82, 2.24) is 4.72 Å². The van der Waals surface area contributed by atoms with Gasteiger partial charge < -0.3 is 5.32 Å². The summed E-state index contributed by atoms with van der Waals surface area (Å²) in [6.07, 6.45) is 3.38. The topological polar surface area (TPSA) is 75.3 Å². The zero-order valence-electron chi connectivity index (χ0n) is 14.8. The molecule has 2 aromatic carbocycles. The van der Waals surface area contributed by atoms with Crippen LogP contribution < -0.4 is 10.0 Å². The van der Waals surface area contributed by atoms with Crippen molar-refractivity contribution in [2.24, 2.45) is 0 Å². The fourth-order valence-electron chi connectivity index (χ4n) is 2.88. The van der Waals surface area contributed by atoms with Crippen molar-refractivity contribution >= 4 is 21.6 Å². The standard InChI is InChI=1S/C20H24N2O3S/c1-2-7-19(15-8-4-3-5-9-15)20(23)21-17-10-6-11-18(14-17)26(24,25)22-16-12-13-16/h3-6,8-11,14,16,19,22H,2,7,12-13H2,1H3,(H,21,23)/t19-/m0/s1. The molecule has 1 aliphatic carbocycles. The number of rotatable bonds is 8. The predicted octanol–water partition coefficient (Wildman–Crippen LogP) is 3.65. The van der Waals surface area contributed by atoms with Crippen LogP contribution in [0.15, 0.2) is 59.5 Å². The van der Waals surface area contributed by atoms with Gasteiger partial charge in [0.05, 0.1) is 10.8 Å². The number of nitrogens with one attached hydrogen (secondary N) is 2. The second kappa shape index (κ2) is 8.01. The minimum absolute atomic E-state index is 0.0465. The number of hydrogen-bond acceptors (Lipinski definition) is 3. The van der Waals surface area contributed by atoms with Crippen LogP contribution in [0.5, 0.6) is 0 Å². The maximum absolute atomic E-state index is 12.8. The molecule has 0 bridgehead atoms. The Morgan fingerprint density at radius 3 is 2.50 bits per heavy atom. The first-order chi connectivity index (χ1) is 12.5. The van der Waals surface area contributed by atoms with E-state index >= 15 is 0 Å². The molecule has 3 rings (SSSR count). The Kier molecular flexibility index (Phi) is 5.74. The van der Waals surface area contributed by atoms with Crippen LogP contribution in [0.2, 0.25) is 0 Å². The molecule has 0 saturated heterocycles. The fourth-order valence-corrected chi connectivity index (χ4v) is 4.23. The predicted molar refractivity (Wildman–Crippen MR) is 103 cm³/mol. The highest BCUT2D eigenvalue weighted by atomic mass is 32.2. The van der Waals surface area contributed by atoms with Crippen LogP contribution in [0.1, 0.15) is 44.1 Å². The Balaban J connectivity index is 1.77. The second-order valence-corrected chi connectivity index (χ2v) is 8.38. The number of anilines is 1. The number of hydrogen-bond donors (Lipinski definition) is 2. The molecule has 0 unspecified atom stereocenters. The van der Waals surface area contributed by atoms with Crippen molar-refractivity contribution in [3.8, 4) is 0 Å². The molecule has 1 fully saturated rings. The molecule has 0 aromatic heterocycles. The van der Waals surface area contributed by atoms with E-state index in [4.69, 9.17) is 0 Å². The lowest BCUT2D eigenvalue weighted by Gasteiger charge is -2.17. The summed E-state index contributed by atoms with van der Waals surface area (Å²) in [4.78, 5) is 13.0. The molecule has 1 amide bonds. The molecule has 26 heavy (non-hydrogen) atoms. The summed E-state index contributed by atoms with van der Waals surface area (Å²) >= 11 is 0. The maximum atomic E-state index is 12.8. The number of carbonyl (C=O) groups is 1. The lowest BCUT2D eigenvalue weighted by atomic mass is 9.93. The van der Waals surface area contributed by atoms with Gasteiger partial charge in [0.1, 0.15) is 0 Å². The average Bonchev–Trinajstić information content (AvgIpc) is 3.44. The molecule has 1 atom stereocenters. The van der Waals surface area contributed by atoms with Gasteiger partial charge in [0.15, 0.2) is 0 Å². The summed E-state index contributed by atoms with van der Waals surface area (Å²) in [5, 5.41) is 2.88. The van der Waals surface area contributed by atoms with E-state index in [-0.39, 0.29) is 22.8 Å². The Bertz CT molecular complexity index is 862. The zero-order valence-corrected chi connectivity index (χ0v) is 15.6. The number of benzene rings is 2. The minimum Gasteiger partial charge on any atom is -0.326 e. The van der Waals surface area contributed by atoms with E-state index in [0.717, 1.165) is 31.2 Å². The SMILES string of the molecule is CCC[C@H](C(=O)Nc1cccc(S(=O)(=O)NC2CC2)c1)c1ccccc1. The monoisotopic (exact) mass is 372 g/mol. The van der Waals surface area contributed by atoms with Gasteiger partial charge in [-0.3, -0.25) is 4.79 Å². The third-order valence-electron chi connectivity index (χ3n) is 4.41. The van der Waals surface area contributed by atoms with Gasteiger partial charge >= 0.3 is 0 Å². The van der Waals surface area contributed by atoms with E-state index in [9.17, 15) is 13.2 Å². The first kappa shape index (κ1) is 18.6. The van der Waals surface area contributed by atoms with Gasteiger partial charge in [-0.25, -0.2) is 13.1 Å². The van der Waals surface area contributed by atoms with E-state index in [0.29, 0.717) is 5.69 Å². The molecule has 5 nitrogen and oxygen atoms in total.